The monoisotopic (exact) mass is 219 g/mol. The predicted molar refractivity (Wildman–Crippen MR) is 61.9 cm³/mol. The van der Waals surface area contributed by atoms with Crippen molar-refractivity contribution < 1.29 is 4.42 Å². The fourth-order valence-electron chi connectivity index (χ4n) is 1.72. The molecule has 1 N–H and O–H groups in total. The molecule has 0 aliphatic rings. The maximum atomic E-state index is 5.25. The van der Waals surface area contributed by atoms with Crippen LogP contribution in [0.1, 0.15) is 23.9 Å². The Labute approximate surface area is 95.3 Å². The van der Waals surface area contributed by atoms with Gasteiger partial charge in [0.2, 0.25) is 0 Å². The number of aromatic nitrogens is 2. The van der Waals surface area contributed by atoms with Gasteiger partial charge in [0, 0.05) is 13.1 Å². The molecule has 0 saturated carbocycles. The largest absolute Gasteiger partial charge is 0.468 e. The smallest absolute Gasteiger partial charge is 0.117 e. The fraction of sp³-hybridized carbons (Fsp3) is 0.417. The first-order chi connectivity index (χ1) is 7.81. The number of nitrogens with zero attached hydrogens (tertiary/aromatic N) is 2. The summed E-state index contributed by atoms with van der Waals surface area (Å²) in [4.78, 5) is 0. The Morgan fingerprint density at radius 2 is 2.31 bits per heavy atom. The third-order valence-corrected chi connectivity index (χ3v) is 2.63. The number of nitrogens with one attached hydrogen (secondary N) is 1. The van der Waals surface area contributed by atoms with E-state index in [0.717, 1.165) is 25.4 Å². The van der Waals surface area contributed by atoms with Gasteiger partial charge in [0.05, 0.1) is 24.7 Å². The van der Waals surface area contributed by atoms with Crippen molar-refractivity contribution in [2.75, 3.05) is 0 Å². The van der Waals surface area contributed by atoms with E-state index >= 15 is 0 Å². The maximum absolute atomic E-state index is 5.25. The predicted octanol–water partition coefficient (Wildman–Crippen LogP) is 2.09. The lowest BCUT2D eigenvalue weighted by Gasteiger charge is -2.07. The molecule has 0 unspecified atom stereocenters. The molecule has 0 spiro atoms. The van der Waals surface area contributed by atoms with Crippen molar-refractivity contribution in [2.45, 2.75) is 33.5 Å². The van der Waals surface area contributed by atoms with Gasteiger partial charge in [-0.3, -0.25) is 4.68 Å². The normalized spacial score (nSPS) is 10.9. The zero-order chi connectivity index (χ0) is 11.4. The van der Waals surface area contributed by atoms with Crippen molar-refractivity contribution in [3.05, 3.63) is 41.6 Å². The third kappa shape index (κ3) is 2.33. The molecule has 0 aliphatic carbocycles. The summed E-state index contributed by atoms with van der Waals surface area (Å²) in [5, 5.41) is 7.65. The van der Waals surface area contributed by atoms with Crippen molar-refractivity contribution in [3.8, 4) is 0 Å². The summed E-state index contributed by atoms with van der Waals surface area (Å²) in [5.41, 5.74) is 2.47. The molecule has 2 aromatic heterocycles. The maximum Gasteiger partial charge on any atom is 0.117 e. The summed E-state index contributed by atoms with van der Waals surface area (Å²) in [6, 6.07) is 3.87. The van der Waals surface area contributed by atoms with Crippen LogP contribution in [-0.4, -0.2) is 9.78 Å². The number of furan rings is 1. The van der Waals surface area contributed by atoms with E-state index in [9.17, 15) is 0 Å². The molecule has 2 aromatic rings. The molecular weight excluding hydrogens is 202 g/mol. The Bertz CT molecular complexity index is 431. The Kier molecular flexibility index (Phi) is 3.41. The van der Waals surface area contributed by atoms with Gasteiger partial charge < -0.3 is 9.73 Å². The van der Waals surface area contributed by atoms with Crippen molar-refractivity contribution in [3.63, 3.8) is 0 Å². The molecule has 0 radical (unpaired) electrons. The summed E-state index contributed by atoms with van der Waals surface area (Å²) in [6.07, 6.45) is 3.60. The molecule has 2 heterocycles. The Morgan fingerprint density at radius 1 is 1.44 bits per heavy atom. The molecule has 0 saturated heterocycles. The molecule has 0 atom stereocenters. The zero-order valence-electron chi connectivity index (χ0n) is 9.73. The lowest BCUT2D eigenvalue weighted by atomic mass is 10.2. The van der Waals surface area contributed by atoms with Crippen molar-refractivity contribution >= 4 is 0 Å². The molecule has 0 fully saturated rings. The summed E-state index contributed by atoms with van der Waals surface area (Å²) >= 11 is 0. The van der Waals surface area contributed by atoms with E-state index in [0.29, 0.717) is 0 Å². The Morgan fingerprint density at radius 3 is 3.00 bits per heavy atom. The molecule has 0 aromatic carbocycles. The zero-order valence-corrected chi connectivity index (χ0v) is 9.73. The van der Waals surface area contributed by atoms with E-state index in [-0.39, 0.29) is 0 Å². The summed E-state index contributed by atoms with van der Waals surface area (Å²) in [6.45, 7) is 6.67. The number of hydrogen-bond acceptors (Lipinski definition) is 3. The van der Waals surface area contributed by atoms with E-state index in [1.807, 2.05) is 23.0 Å². The highest BCUT2D eigenvalue weighted by atomic mass is 16.3. The molecule has 4 nitrogen and oxygen atoms in total. The second-order valence-electron chi connectivity index (χ2n) is 3.77. The average molecular weight is 219 g/mol. The van der Waals surface area contributed by atoms with Gasteiger partial charge in [-0.1, -0.05) is 0 Å². The van der Waals surface area contributed by atoms with Gasteiger partial charge in [0.15, 0.2) is 0 Å². The lowest BCUT2D eigenvalue weighted by Crippen LogP contribution is -2.16. The fourth-order valence-corrected chi connectivity index (χ4v) is 1.72. The second kappa shape index (κ2) is 4.99. The molecule has 0 bridgehead atoms. The van der Waals surface area contributed by atoms with Crippen molar-refractivity contribution in [2.24, 2.45) is 0 Å². The van der Waals surface area contributed by atoms with Crippen LogP contribution in [0.3, 0.4) is 0 Å². The van der Waals surface area contributed by atoms with Crippen LogP contribution in [0, 0.1) is 6.92 Å². The first kappa shape index (κ1) is 11.0. The van der Waals surface area contributed by atoms with Crippen LogP contribution < -0.4 is 5.32 Å². The summed E-state index contributed by atoms with van der Waals surface area (Å²) < 4.78 is 7.27. The van der Waals surface area contributed by atoms with Gasteiger partial charge in [0.1, 0.15) is 5.76 Å². The SMILES string of the molecule is CCn1ncc(C)c1CNCc1ccco1. The number of rotatable bonds is 5. The second-order valence-corrected chi connectivity index (χ2v) is 3.77. The summed E-state index contributed by atoms with van der Waals surface area (Å²) in [7, 11) is 0. The first-order valence-electron chi connectivity index (χ1n) is 5.55. The number of hydrogen-bond donors (Lipinski definition) is 1. The highest BCUT2D eigenvalue weighted by Crippen LogP contribution is 2.07. The molecule has 86 valence electrons. The van der Waals surface area contributed by atoms with Gasteiger partial charge in [-0.25, -0.2) is 0 Å². The highest BCUT2D eigenvalue weighted by molar-refractivity contribution is 5.15. The highest BCUT2D eigenvalue weighted by Gasteiger charge is 2.05. The minimum atomic E-state index is 0.751. The molecule has 4 heteroatoms. The van der Waals surface area contributed by atoms with E-state index in [4.69, 9.17) is 4.42 Å². The quantitative estimate of drug-likeness (QED) is 0.837. The van der Waals surface area contributed by atoms with Crippen LogP contribution in [0.2, 0.25) is 0 Å². The van der Waals surface area contributed by atoms with Gasteiger partial charge in [-0.2, -0.15) is 5.10 Å². The minimum absolute atomic E-state index is 0.751. The first-order valence-corrected chi connectivity index (χ1v) is 5.55. The average Bonchev–Trinajstić information content (AvgIpc) is 2.90. The Balaban J connectivity index is 1.91. The van der Waals surface area contributed by atoms with Crippen molar-refractivity contribution in [1.82, 2.24) is 15.1 Å². The molecule has 16 heavy (non-hydrogen) atoms. The van der Waals surface area contributed by atoms with E-state index < -0.39 is 0 Å². The van der Waals surface area contributed by atoms with Crippen molar-refractivity contribution in [1.29, 1.82) is 0 Å². The topological polar surface area (TPSA) is 43.0 Å². The van der Waals surface area contributed by atoms with Crippen LogP contribution in [0.5, 0.6) is 0 Å². The van der Waals surface area contributed by atoms with Gasteiger partial charge in [-0.05, 0) is 31.5 Å². The van der Waals surface area contributed by atoms with E-state index in [2.05, 4.69) is 24.3 Å². The van der Waals surface area contributed by atoms with Crippen LogP contribution in [0.4, 0.5) is 0 Å². The molecule has 0 aliphatic heterocycles. The van der Waals surface area contributed by atoms with Gasteiger partial charge in [-0.15, -0.1) is 0 Å². The van der Waals surface area contributed by atoms with Crippen LogP contribution in [-0.2, 0) is 19.6 Å². The Hall–Kier alpha value is -1.55. The summed E-state index contributed by atoms with van der Waals surface area (Å²) in [5.74, 6) is 0.959. The van der Waals surface area contributed by atoms with Crippen LogP contribution in [0.25, 0.3) is 0 Å². The minimum Gasteiger partial charge on any atom is -0.468 e. The van der Waals surface area contributed by atoms with E-state index in [1.165, 1.54) is 11.3 Å². The molecular formula is C12H17N3O. The van der Waals surface area contributed by atoms with E-state index in [1.54, 1.807) is 6.26 Å². The molecule has 0 amide bonds. The lowest BCUT2D eigenvalue weighted by molar-refractivity contribution is 0.476. The van der Waals surface area contributed by atoms with Crippen LogP contribution in [0.15, 0.2) is 29.0 Å². The van der Waals surface area contributed by atoms with Gasteiger partial charge in [0.25, 0.3) is 0 Å². The van der Waals surface area contributed by atoms with Crippen LogP contribution >= 0.6 is 0 Å². The third-order valence-electron chi connectivity index (χ3n) is 2.63. The van der Waals surface area contributed by atoms with Gasteiger partial charge >= 0.3 is 0 Å². The molecule has 2 rings (SSSR count). The standard InChI is InChI=1S/C12H17N3O/c1-3-15-12(10(2)7-14-15)9-13-8-11-5-4-6-16-11/h4-7,13H,3,8-9H2,1-2H3. The number of aryl methyl sites for hydroxylation is 2.